The Kier molecular flexibility index (Phi) is 4.38. The van der Waals surface area contributed by atoms with Gasteiger partial charge in [0.15, 0.2) is 0 Å². The van der Waals surface area contributed by atoms with E-state index in [4.69, 9.17) is 17.3 Å². The lowest BCUT2D eigenvalue weighted by Gasteiger charge is -2.05. The Balaban J connectivity index is 2.00. The number of nitrogens with one attached hydrogen (secondary N) is 1. The van der Waals surface area contributed by atoms with Crippen LogP contribution in [0.2, 0.25) is 5.02 Å². The number of pyridine rings is 1. The topological polar surface area (TPSA) is 68.0 Å². The summed E-state index contributed by atoms with van der Waals surface area (Å²) in [6.45, 7) is 1.67. The molecule has 0 atom stereocenters. The lowest BCUT2D eigenvalue weighted by atomic mass is 10.1. The molecule has 0 bridgehead atoms. The zero-order valence-electron chi connectivity index (χ0n) is 12.4. The monoisotopic (exact) mass is 367 g/mol. The number of rotatable bonds is 3. The summed E-state index contributed by atoms with van der Waals surface area (Å²) >= 11 is 6.79. The van der Waals surface area contributed by atoms with E-state index in [2.05, 4.69) is 10.3 Å². The molecule has 0 radical (unpaired) electrons. The molecular formula is C16H12ClF2N3OS. The summed E-state index contributed by atoms with van der Waals surface area (Å²) in [7, 11) is 0. The zero-order valence-corrected chi connectivity index (χ0v) is 14.0. The number of fused-ring (bicyclic) bond motifs is 1. The number of benzene rings is 1. The Morgan fingerprint density at radius 3 is 2.62 bits per heavy atom. The first kappa shape index (κ1) is 16.6. The molecule has 3 N–H and O–H groups in total. The number of nitrogens with two attached hydrogens (primary N) is 1. The first-order valence-electron chi connectivity index (χ1n) is 6.91. The molecule has 4 nitrogen and oxygen atoms in total. The molecule has 0 spiro atoms. The second kappa shape index (κ2) is 6.33. The Hall–Kier alpha value is -2.25. The van der Waals surface area contributed by atoms with Crippen LogP contribution in [0.15, 0.2) is 30.3 Å². The van der Waals surface area contributed by atoms with Crippen molar-refractivity contribution in [3.63, 3.8) is 0 Å². The molecule has 0 aliphatic rings. The highest BCUT2D eigenvalue weighted by Gasteiger charge is 2.21. The predicted molar refractivity (Wildman–Crippen MR) is 93.1 cm³/mol. The second-order valence-electron chi connectivity index (χ2n) is 5.15. The molecule has 1 amide bonds. The number of alkyl halides is 2. The number of nitrogens with zero attached hydrogens (tertiary/aromatic N) is 1. The number of nitrogen functional groups attached to an aromatic ring is 1. The van der Waals surface area contributed by atoms with E-state index in [-0.39, 0.29) is 16.3 Å². The van der Waals surface area contributed by atoms with Gasteiger partial charge in [-0.05, 0) is 42.8 Å². The summed E-state index contributed by atoms with van der Waals surface area (Å²) in [6.07, 6.45) is -2.68. The van der Waals surface area contributed by atoms with Crippen LogP contribution >= 0.6 is 22.9 Å². The standard InChI is InChI=1S/C16H12ClF2N3OS/c1-7-6-10(14(18)19)22-16-11(7)12(20)13(24-16)15(23)21-9-4-2-8(17)3-5-9/h2-6,14H,20H2,1H3,(H,21,23). The average molecular weight is 368 g/mol. The van der Waals surface area contributed by atoms with Crippen LogP contribution < -0.4 is 11.1 Å². The van der Waals surface area contributed by atoms with Crippen molar-refractivity contribution in [2.45, 2.75) is 13.3 Å². The summed E-state index contributed by atoms with van der Waals surface area (Å²) in [5, 5.41) is 3.78. The number of carbonyl (C=O) groups excluding carboxylic acids is 1. The van der Waals surface area contributed by atoms with Gasteiger partial charge in [0.05, 0.1) is 5.69 Å². The molecule has 8 heteroatoms. The van der Waals surface area contributed by atoms with E-state index in [1.165, 1.54) is 6.07 Å². The fourth-order valence-electron chi connectivity index (χ4n) is 2.34. The van der Waals surface area contributed by atoms with Crippen LogP contribution in [-0.2, 0) is 0 Å². The van der Waals surface area contributed by atoms with Gasteiger partial charge < -0.3 is 11.1 Å². The van der Waals surface area contributed by atoms with Gasteiger partial charge >= 0.3 is 0 Å². The minimum atomic E-state index is -2.68. The number of anilines is 2. The maximum atomic E-state index is 12.9. The molecule has 0 unspecified atom stereocenters. The van der Waals surface area contributed by atoms with Crippen molar-refractivity contribution < 1.29 is 13.6 Å². The number of thiophene rings is 1. The second-order valence-corrected chi connectivity index (χ2v) is 6.59. The normalized spacial score (nSPS) is 11.2. The average Bonchev–Trinajstić information content (AvgIpc) is 2.87. The van der Waals surface area contributed by atoms with Gasteiger partial charge in [-0.2, -0.15) is 0 Å². The number of carbonyl (C=O) groups is 1. The van der Waals surface area contributed by atoms with Gasteiger partial charge in [0.2, 0.25) is 0 Å². The van der Waals surface area contributed by atoms with Gasteiger partial charge in [-0.3, -0.25) is 4.79 Å². The highest BCUT2D eigenvalue weighted by Crippen LogP contribution is 2.36. The van der Waals surface area contributed by atoms with Crippen LogP contribution in [0, 0.1) is 6.92 Å². The predicted octanol–water partition coefficient (Wildman–Crippen LogP) is 5.03. The van der Waals surface area contributed by atoms with Gasteiger partial charge in [0.1, 0.15) is 15.4 Å². The fraction of sp³-hybridized carbons (Fsp3) is 0.125. The molecule has 0 saturated carbocycles. The smallest absolute Gasteiger partial charge is 0.280 e. The summed E-state index contributed by atoms with van der Waals surface area (Å²) in [5.41, 5.74) is 7.08. The molecule has 3 aromatic rings. The Morgan fingerprint density at radius 1 is 1.33 bits per heavy atom. The largest absolute Gasteiger partial charge is 0.397 e. The fourth-order valence-corrected chi connectivity index (χ4v) is 3.54. The van der Waals surface area contributed by atoms with Gasteiger partial charge in [-0.1, -0.05) is 11.6 Å². The lowest BCUT2D eigenvalue weighted by molar-refractivity contribution is 0.103. The van der Waals surface area contributed by atoms with E-state index in [9.17, 15) is 13.6 Å². The number of hydrogen-bond donors (Lipinski definition) is 2. The number of aryl methyl sites for hydroxylation is 1. The van der Waals surface area contributed by atoms with Crippen LogP contribution in [0.5, 0.6) is 0 Å². The SMILES string of the molecule is Cc1cc(C(F)F)nc2sc(C(=O)Nc3ccc(Cl)cc3)c(N)c12. The maximum Gasteiger partial charge on any atom is 0.280 e. The molecule has 0 fully saturated rings. The first-order chi connectivity index (χ1) is 11.4. The van der Waals surface area contributed by atoms with Crippen molar-refractivity contribution in [3.05, 3.63) is 51.5 Å². The molecule has 2 heterocycles. The van der Waals surface area contributed by atoms with Gasteiger partial charge in [0.25, 0.3) is 12.3 Å². The third-order valence-electron chi connectivity index (χ3n) is 3.45. The Morgan fingerprint density at radius 2 is 2.00 bits per heavy atom. The van der Waals surface area contributed by atoms with Crippen LogP contribution in [0.1, 0.15) is 27.4 Å². The highest BCUT2D eigenvalue weighted by molar-refractivity contribution is 7.21. The molecule has 3 rings (SSSR count). The molecule has 2 aromatic heterocycles. The minimum Gasteiger partial charge on any atom is -0.397 e. The van der Waals surface area contributed by atoms with Crippen LogP contribution in [0.25, 0.3) is 10.2 Å². The Labute approximate surface area is 145 Å². The van der Waals surface area contributed by atoms with E-state index < -0.39 is 12.3 Å². The summed E-state index contributed by atoms with van der Waals surface area (Å²) in [6, 6.07) is 7.89. The van der Waals surface area contributed by atoms with Gasteiger partial charge in [-0.15, -0.1) is 11.3 Å². The van der Waals surface area contributed by atoms with Crippen molar-refractivity contribution in [3.8, 4) is 0 Å². The quantitative estimate of drug-likeness (QED) is 0.682. The van der Waals surface area contributed by atoms with Crippen molar-refractivity contribution >= 4 is 50.4 Å². The van der Waals surface area contributed by atoms with E-state index in [0.717, 1.165) is 11.3 Å². The Bertz CT molecular complexity index is 925. The van der Waals surface area contributed by atoms with Crippen LogP contribution in [0.3, 0.4) is 0 Å². The molecule has 0 aliphatic carbocycles. The van der Waals surface area contributed by atoms with Gasteiger partial charge in [-0.25, -0.2) is 13.8 Å². The number of halogens is 3. The van der Waals surface area contributed by atoms with Crippen molar-refractivity contribution in [2.24, 2.45) is 0 Å². The third-order valence-corrected chi connectivity index (χ3v) is 4.80. The molecule has 1 aromatic carbocycles. The maximum absolute atomic E-state index is 12.9. The van der Waals surface area contributed by atoms with Crippen molar-refractivity contribution in [1.29, 1.82) is 0 Å². The molecular weight excluding hydrogens is 356 g/mol. The van der Waals surface area contributed by atoms with Crippen molar-refractivity contribution in [1.82, 2.24) is 4.98 Å². The zero-order chi connectivity index (χ0) is 17.4. The van der Waals surface area contributed by atoms with Crippen LogP contribution in [-0.4, -0.2) is 10.9 Å². The van der Waals surface area contributed by atoms with E-state index >= 15 is 0 Å². The highest BCUT2D eigenvalue weighted by atomic mass is 35.5. The van der Waals surface area contributed by atoms with Crippen molar-refractivity contribution in [2.75, 3.05) is 11.1 Å². The lowest BCUT2D eigenvalue weighted by Crippen LogP contribution is -2.11. The van der Waals surface area contributed by atoms with E-state index in [0.29, 0.717) is 26.5 Å². The third kappa shape index (κ3) is 3.05. The number of amides is 1. The van der Waals surface area contributed by atoms with E-state index in [1.807, 2.05) is 0 Å². The first-order valence-corrected chi connectivity index (χ1v) is 8.11. The summed E-state index contributed by atoms with van der Waals surface area (Å²) in [5.74, 6) is -0.421. The summed E-state index contributed by atoms with van der Waals surface area (Å²) in [4.78, 5) is 16.9. The minimum absolute atomic E-state index is 0.238. The summed E-state index contributed by atoms with van der Waals surface area (Å²) < 4.78 is 25.8. The molecule has 0 aliphatic heterocycles. The number of aromatic nitrogens is 1. The molecule has 0 saturated heterocycles. The molecule has 24 heavy (non-hydrogen) atoms. The molecule has 124 valence electrons. The van der Waals surface area contributed by atoms with E-state index in [1.54, 1.807) is 31.2 Å². The number of hydrogen-bond acceptors (Lipinski definition) is 4. The van der Waals surface area contributed by atoms with Crippen LogP contribution in [0.4, 0.5) is 20.2 Å². The van der Waals surface area contributed by atoms with Gasteiger partial charge in [0, 0.05) is 16.1 Å².